The first-order valence-corrected chi connectivity index (χ1v) is 5.60. The molecule has 3 heteroatoms. The smallest absolute Gasteiger partial charge is 0.146 e. The Morgan fingerprint density at radius 1 is 1.29 bits per heavy atom. The molecule has 3 nitrogen and oxygen atoms in total. The van der Waals surface area contributed by atoms with Crippen molar-refractivity contribution in [3.05, 3.63) is 0 Å². The highest BCUT2D eigenvalue weighted by Gasteiger charge is 2.11. The van der Waals surface area contributed by atoms with Gasteiger partial charge < -0.3 is 10.6 Å². The highest BCUT2D eigenvalue weighted by atomic mass is 16.1. The highest BCUT2D eigenvalue weighted by Crippen LogP contribution is 2.01. The summed E-state index contributed by atoms with van der Waals surface area (Å²) >= 11 is 0. The number of carbonyl (C=O) groups is 1. The Labute approximate surface area is 87.6 Å². The molecule has 1 unspecified atom stereocenters. The average molecular weight is 200 g/mol. The molecule has 14 heavy (non-hydrogen) atoms. The van der Waals surface area contributed by atoms with Gasteiger partial charge in [-0.3, -0.25) is 4.79 Å². The van der Waals surface area contributed by atoms with Gasteiger partial charge in [0, 0.05) is 0 Å². The van der Waals surface area contributed by atoms with E-state index in [1.807, 2.05) is 7.05 Å². The van der Waals surface area contributed by atoms with Crippen LogP contribution in [0.1, 0.15) is 39.5 Å². The molecule has 0 fully saturated rings. The van der Waals surface area contributed by atoms with Crippen LogP contribution in [0.4, 0.5) is 0 Å². The van der Waals surface area contributed by atoms with Crippen LogP contribution in [0.3, 0.4) is 0 Å². The van der Waals surface area contributed by atoms with Gasteiger partial charge >= 0.3 is 0 Å². The predicted octanol–water partition coefficient (Wildman–Crippen LogP) is 1.33. The van der Waals surface area contributed by atoms with Gasteiger partial charge in [-0.1, -0.05) is 13.3 Å². The molecule has 0 saturated heterocycles. The SMILES string of the molecule is CCCNC(CCCCNC)C(C)=O. The van der Waals surface area contributed by atoms with Crippen molar-refractivity contribution >= 4 is 5.78 Å². The van der Waals surface area contributed by atoms with E-state index in [9.17, 15) is 4.79 Å². The van der Waals surface area contributed by atoms with Gasteiger partial charge in [-0.2, -0.15) is 0 Å². The molecule has 0 rings (SSSR count). The second-order valence-corrected chi connectivity index (χ2v) is 3.72. The second-order valence-electron chi connectivity index (χ2n) is 3.72. The van der Waals surface area contributed by atoms with E-state index in [1.54, 1.807) is 6.92 Å². The Hall–Kier alpha value is -0.410. The third-order valence-electron chi connectivity index (χ3n) is 2.30. The lowest BCUT2D eigenvalue weighted by Gasteiger charge is -2.14. The maximum Gasteiger partial charge on any atom is 0.146 e. The summed E-state index contributed by atoms with van der Waals surface area (Å²) in [4.78, 5) is 11.2. The molecule has 0 radical (unpaired) electrons. The van der Waals surface area contributed by atoms with Crippen molar-refractivity contribution in [3.63, 3.8) is 0 Å². The van der Waals surface area contributed by atoms with Crippen molar-refractivity contribution in [2.24, 2.45) is 0 Å². The number of nitrogens with one attached hydrogen (secondary N) is 2. The first-order chi connectivity index (χ1) is 6.72. The van der Waals surface area contributed by atoms with Crippen LogP contribution in [0.25, 0.3) is 0 Å². The van der Waals surface area contributed by atoms with Crippen LogP contribution in [-0.4, -0.2) is 32.0 Å². The zero-order chi connectivity index (χ0) is 10.8. The van der Waals surface area contributed by atoms with Gasteiger partial charge in [-0.25, -0.2) is 0 Å². The van der Waals surface area contributed by atoms with E-state index in [-0.39, 0.29) is 11.8 Å². The number of hydrogen-bond acceptors (Lipinski definition) is 3. The van der Waals surface area contributed by atoms with Crippen LogP contribution >= 0.6 is 0 Å². The summed E-state index contributed by atoms with van der Waals surface area (Å²) in [7, 11) is 1.96. The fraction of sp³-hybridized carbons (Fsp3) is 0.909. The van der Waals surface area contributed by atoms with Gasteiger partial charge in [-0.05, 0) is 46.3 Å². The third-order valence-corrected chi connectivity index (χ3v) is 2.30. The maximum atomic E-state index is 11.2. The Morgan fingerprint density at radius 2 is 2.00 bits per heavy atom. The molecule has 2 N–H and O–H groups in total. The standard InChI is InChI=1S/C11H24N2O/c1-4-8-13-11(10(2)14)7-5-6-9-12-3/h11-13H,4-9H2,1-3H3. The minimum atomic E-state index is 0.0757. The lowest BCUT2D eigenvalue weighted by molar-refractivity contribution is -0.119. The topological polar surface area (TPSA) is 41.1 Å². The fourth-order valence-electron chi connectivity index (χ4n) is 1.42. The monoisotopic (exact) mass is 200 g/mol. The van der Waals surface area contributed by atoms with Crippen LogP contribution in [0, 0.1) is 0 Å². The number of rotatable bonds is 9. The molecule has 0 saturated carbocycles. The largest absolute Gasteiger partial charge is 0.320 e. The Kier molecular flexibility index (Phi) is 8.89. The van der Waals surface area contributed by atoms with E-state index in [2.05, 4.69) is 17.6 Å². The van der Waals surface area contributed by atoms with Crippen LogP contribution in [0.5, 0.6) is 0 Å². The number of carbonyl (C=O) groups excluding carboxylic acids is 1. The first-order valence-electron chi connectivity index (χ1n) is 5.60. The maximum absolute atomic E-state index is 11.2. The molecule has 1 atom stereocenters. The van der Waals surface area contributed by atoms with Gasteiger partial charge in [0.2, 0.25) is 0 Å². The minimum Gasteiger partial charge on any atom is -0.320 e. The minimum absolute atomic E-state index is 0.0757. The van der Waals surface area contributed by atoms with Crippen molar-refractivity contribution in [3.8, 4) is 0 Å². The molecule has 0 aliphatic carbocycles. The van der Waals surface area contributed by atoms with Crippen molar-refractivity contribution in [1.82, 2.24) is 10.6 Å². The summed E-state index contributed by atoms with van der Waals surface area (Å²) in [5.41, 5.74) is 0. The van der Waals surface area contributed by atoms with Gasteiger partial charge in [0.15, 0.2) is 0 Å². The van der Waals surface area contributed by atoms with Gasteiger partial charge in [0.1, 0.15) is 5.78 Å². The Bertz CT molecular complexity index is 148. The predicted molar refractivity (Wildman–Crippen MR) is 60.5 cm³/mol. The number of Topliss-reactive ketones (excluding diaryl/α,β-unsaturated/α-hetero) is 1. The molecule has 0 bridgehead atoms. The Morgan fingerprint density at radius 3 is 2.50 bits per heavy atom. The molecule has 0 amide bonds. The number of ketones is 1. The normalized spacial score (nSPS) is 12.8. The second kappa shape index (κ2) is 9.16. The summed E-state index contributed by atoms with van der Waals surface area (Å²) in [5, 5.41) is 6.38. The van der Waals surface area contributed by atoms with E-state index in [4.69, 9.17) is 0 Å². The number of unbranched alkanes of at least 4 members (excludes halogenated alkanes) is 1. The highest BCUT2D eigenvalue weighted by molar-refractivity contribution is 5.81. The summed E-state index contributed by atoms with van der Waals surface area (Å²) in [6, 6.07) is 0.0757. The van der Waals surface area contributed by atoms with Crippen molar-refractivity contribution in [2.45, 2.75) is 45.6 Å². The molecular formula is C11H24N2O. The summed E-state index contributed by atoms with van der Waals surface area (Å²) < 4.78 is 0. The average Bonchev–Trinajstić information content (AvgIpc) is 2.16. The van der Waals surface area contributed by atoms with Crippen LogP contribution in [-0.2, 0) is 4.79 Å². The van der Waals surface area contributed by atoms with E-state index in [1.165, 1.54) is 0 Å². The van der Waals surface area contributed by atoms with Crippen molar-refractivity contribution in [2.75, 3.05) is 20.1 Å². The summed E-state index contributed by atoms with van der Waals surface area (Å²) in [6.45, 7) is 5.77. The molecule has 84 valence electrons. The molecular weight excluding hydrogens is 176 g/mol. The van der Waals surface area contributed by atoms with Gasteiger partial charge in [0.25, 0.3) is 0 Å². The van der Waals surface area contributed by atoms with Gasteiger partial charge in [0.05, 0.1) is 6.04 Å². The van der Waals surface area contributed by atoms with Crippen molar-refractivity contribution < 1.29 is 4.79 Å². The lowest BCUT2D eigenvalue weighted by atomic mass is 10.1. The summed E-state index contributed by atoms with van der Waals surface area (Å²) in [5.74, 6) is 0.267. The van der Waals surface area contributed by atoms with E-state index >= 15 is 0 Å². The van der Waals surface area contributed by atoms with Gasteiger partial charge in [-0.15, -0.1) is 0 Å². The fourth-order valence-corrected chi connectivity index (χ4v) is 1.42. The summed E-state index contributed by atoms with van der Waals surface area (Å²) in [6.07, 6.45) is 4.31. The quantitative estimate of drug-likeness (QED) is 0.552. The molecule has 0 aromatic heterocycles. The first kappa shape index (κ1) is 13.6. The van der Waals surface area contributed by atoms with E-state index in [0.717, 1.165) is 38.8 Å². The Balaban J connectivity index is 3.57. The van der Waals surface area contributed by atoms with E-state index in [0.29, 0.717) is 0 Å². The van der Waals surface area contributed by atoms with Crippen LogP contribution in [0.15, 0.2) is 0 Å². The van der Waals surface area contributed by atoms with Crippen LogP contribution in [0.2, 0.25) is 0 Å². The zero-order valence-electron chi connectivity index (χ0n) is 9.73. The molecule has 0 aromatic carbocycles. The lowest BCUT2D eigenvalue weighted by Crippen LogP contribution is -2.35. The molecule has 0 aromatic rings. The third kappa shape index (κ3) is 7.04. The molecule has 0 aliphatic heterocycles. The molecule has 0 aliphatic rings. The molecule has 0 spiro atoms. The zero-order valence-corrected chi connectivity index (χ0v) is 9.73. The molecule has 0 heterocycles. The van der Waals surface area contributed by atoms with Crippen molar-refractivity contribution in [1.29, 1.82) is 0 Å². The number of hydrogen-bond donors (Lipinski definition) is 2. The van der Waals surface area contributed by atoms with E-state index < -0.39 is 0 Å². The van der Waals surface area contributed by atoms with Crippen LogP contribution < -0.4 is 10.6 Å².